The monoisotopic (exact) mass is 308 g/mol. The van der Waals surface area contributed by atoms with Gasteiger partial charge in [0, 0.05) is 23.4 Å². The summed E-state index contributed by atoms with van der Waals surface area (Å²) in [4.78, 5) is 11.5. The van der Waals surface area contributed by atoms with Crippen molar-refractivity contribution in [2.24, 2.45) is 0 Å². The first-order valence-corrected chi connectivity index (χ1v) is 5.46. The second kappa shape index (κ2) is 5.45. The molecule has 1 unspecified atom stereocenters. The topological polar surface area (TPSA) is 44.1 Å². The van der Waals surface area contributed by atoms with Crippen molar-refractivity contribution >= 4 is 22.6 Å². The van der Waals surface area contributed by atoms with Gasteiger partial charge >= 0.3 is 0 Å². The van der Waals surface area contributed by atoms with Gasteiger partial charge in [-0.3, -0.25) is 4.79 Å². The fourth-order valence-corrected chi connectivity index (χ4v) is 1.53. The molecular formula is C9H13IN2O2. The molecule has 14 heavy (non-hydrogen) atoms. The zero-order chi connectivity index (χ0) is 10.6. The molecule has 1 atom stereocenters. The van der Waals surface area contributed by atoms with E-state index in [1.165, 1.54) is 4.68 Å². The molecule has 1 heterocycles. The third-order valence-electron chi connectivity index (χ3n) is 1.95. The molecule has 4 nitrogen and oxygen atoms in total. The number of hydrogen-bond acceptors (Lipinski definition) is 3. The first-order valence-electron chi connectivity index (χ1n) is 4.38. The van der Waals surface area contributed by atoms with Crippen LogP contribution in [-0.2, 0) is 4.74 Å². The number of nitrogens with zero attached hydrogens (tertiary/aromatic N) is 2. The fourth-order valence-electron chi connectivity index (χ4n) is 1.14. The zero-order valence-electron chi connectivity index (χ0n) is 8.24. The van der Waals surface area contributed by atoms with Crippen LogP contribution in [-0.4, -0.2) is 23.5 Å². The summed E-state index contributed by atoms with van der Waals surface area (Å²) in [5.74, 6) is 0. The third-order valence-corrected chi connectivity index (χ3v) is 2.54. The Bertz CT molecular complexity index is 351. The summed E-state index contributed by atoms with van der Waals surface area (Å²) in [7, 11) is 1.65. The van der Waals surface area contributed by atoms with Crippen LogP contribution in [0.2, 0.25) is 0 Å². The molecular weight excluding hydrogens is 295 g/mol. The minimum atomic E-state index is -0.0551. The van der Waals surface area contributed by atoms with Gasteiger partial charge in [0.25, 0.3) is 5.56 Å². The van der Waals surface area contributed by atoms with Crippen LogP contribution in [0.3, 0.4) is 0 Å². The highest BCUT2D eigenvalue weighted by molar-refractivity contribution is 14.1. The zero-order valence-corrected chi connectivity index (χ0v) is 10.4. The first kappa shape index (κ1) is 11.6. The molecule has 1 aromatic heterocycles. The van der Waals surface area contributed by atoms with E-state index in [9.17, 15) is 4.79 Å². The highest BCUT2D eigenvalue weighted by atomic mass is 127. The van der Waals surface area contributed by atoms with Gasteiger partial charge in [-0.15, -0.1) is 0 Å². The molecule has 0 spiro atoms. The summed E-state index contributed by atoms with van der Waals surface area (Å²) in [5, 5.41) is 4.07. The summed E-state index contributed by atoms with van der Waals surface area (Å²) < 4.78 is 7.30. The van der Waals surface area contributed by atoms with Crippen molar-refractivity contribution in [3.63, 3.8) is 0 Å². The molecule has 0 aliphatic carbocycles. The standard InChI is InChI=1S/C9H13IN2O2/c1-7(3-4-14-2)12-9(13)5-8(10)6-11-12/h5-7H,3-4H2,1-2H3. The molecule has 0 aliphatic heterocycles. The Kier molecular flexibility index (Phi) is 4.53. The maximum atomic E-state index is 11.5. The van der Waals surface area contributed by atoms with Crippen molar-refractivity contribution in [3.05, 3.63) is 26.2 Å². The van der Waals surface area contributed by atoms with Gasteiger partial charge in [-0.25, -0.2) is 4.68 Å². The predicted molar refractivity (Wildman–Crippen MR) is 62.4 cm³/mol. The molecule has 0 bridgehead atoms. The van der Waals surface area contributed by atoms with Crippen molar-refractivity contribution in [1.82, 2.24) is 9.78 Å². The lowest BCUT2D eigenvalue weighted by Crippen LogP contribution is -2.26. The van der Waals surface area contributed by atoms with E-state index in [0.717, 1.165) is 9.99 Å². The maximum Gasteiger partial charge on any atom is 0.268 e. The Morgan fingerprint density at radius 1 is 1.71 bits per heavy atom. The number of halogens is 1. The van der Waals surface area contributed by atoms with Crippen LogP contribution in [0.4, 0.5) is 0 Å². The van der Waals surface area contributed by atoms with Gasteiger partial charge < -0.3 is 4.74 Å². The summed E-state index contributed by atoms with van der Waals surface area (Å²) in [5.41, 5.74) is -0.0551. The fraction of sp³-hybridized carbons (Fsp3) is 0.556. The molecule has 0 saturated carbocycles. The molecule has 0 radical (unpaired) electrons. The van der Waals surface area contributed by atoms with Gasteiger partial charge in [0.05, 0.1) is 12.2 Å². The number of aromatic nitrogens is 2. The molecule has 0 N–H and O–H groups in total. The molecule has 1 rings (SSSR count). The predicted octanol–water partition coefficient (Wildman–Crippen LogP) is 1.45. The molecule has 0 fully saturated rings. The van der Waals surface area contributed by atoms with E-state index in [1.54, 1.807) is 19.4 Å². The van der Waals surface area contributed by atoms with E-state index >= 15 is 0 Å². The van der Waals surface area contributed by atoms with E-state index in [2.05, 4.69) is 27.7 Å². The Hall–Kier alpha value is -0.430. The van der Waals surface area contributed by atoms with Crippen molar-refractivity contribution in [1.29, 1.82) is 0 Å². The number of ether oxygens (including phenoxy) is 1. The van der Waals surface area contributed by atoms with Gasteiger partial charge in [0.1, 0.15) is 0 Å². The van der Waals surface area contributed by atoms with Crippen molar-refractivity contribution in [2.45, 2.75) is 19.4 Å². The summed E-state index contributed by atoms with van der Waals surface area (Å²) in [6.45, 7) is 2.60. The first-order chi connectivity index (χ1) is 6.65. The number of methoxy groups -OCH3 is 1. The average molecular weight is 308 g/mol. The van der Waals surface area contributed by atoms with Gasteiger partial charge in [-0.2, -0.15) is 5.10 Å². The summed E-state index contributed by atoms with van der Waals surface area (Å²) in [6, 6.07) is 1.66. The van der Waals surface area contributed by atoms with Gasteiger partial charge in [-0.05, 0) is 35.9 Å². The molecule has 78 valence electrons. The molecule has 1 aromatic rings. The minimum Gasteiger partial charge on any atom is -0.385 e. The van der Waals surface area contributed by atoms with E-state index in [1.807, 2.05) is 6.92 Å². The molecule has 0 aromatic carbocycles. The molecule has 0 aliphatic rings. The van der Waals surface area contributed by atoms with Gasteiger partial charge in [0.15, 0.2) is 0 Å². The second-order valence-corrected chi connectivity index (χ2v) is 4.33. The van der Waals surface area contributed by atoms with Crippen LogP contribution in [0.15, 0.2) is 17.1 Å². The lowest BCUT2D eigenvalue weighted by Gasteiger charge is -2.12. The molecule has 5 heteroatoms. The van der Waals surface area contributed by atoms with Crippen LogP contribution in [0.1, 0.15) is 19.4 Å². The highest BCUT2D eigenvalue weighted by Crippen LogP contribution is 2.06. The van der Waals surface area contributed by atoms with E-state index in [-0.39, 0.29) is 11.6 Å². The average Bonchev–Trinajstić information content (AvgIpc) is 2.14. The summed E-state index contributed by atoms with van der Waals surface area (Å²) >= 11 is 2.07. The maximum absolute atomic E-state index is 11.5. The Balaban J connectivity index is 2.80. The van der Waals surface area contributed by atoms with Crippen LogP contribution < -0.4 is 5.56 Å². The Morgan fingerprint density at radius 3 is 3.00 bits per heavy atom. The quantitative estimate of drug-likeness (QED) is 0.791. The van der Waals surface area contributed by atoms with Crippen LogP contribution in [0.5, 0.6) is 0 Å². The second-order valence-electron chi connectivity index (χ2n) is 3.09. The van der Waals surface area contributed by atoms with Gasteiger partial charge in [-0.1, -0.05) is 0 Å². The van der Waals surface area contributed by atoms with Crippen LogP contribution in [0.25, 0.3) is 0 Å². The molecule has 0 saturated heterocycles. The normalized spacial score (nSPS) is 12.8. The third kappa shape index (κ3) is 3.06. The SMILES string of the molecule is COCCC(C)n1ncc(I)cc1=O. The smallest absolute Gasteiger partial charge is 0.268 e. The van der Waals surface area contributed by atoms with Gasteiger partial charge in [0.2, 0.25) is 0 Å². The largest absolute Gasteiger partial charge is 0.385 e. The van der Waals surface area contributed by atoms with Crippen molar-refractivity contribution in [2.75, 3.05) is 13.7 Å². The van der Waals surface area contributed by atoms with E-state index < -0.39 is 0 Å². The Morgan fingerprint density at radius 2 is 2.43 bits per heavy atom. The Labute approximate surface area is 96.4 Å². The number of rotatable bonds is 4. The highest BCUT2D eigenvalue weighted by Gasteiger charge is 2.07. The minimum absolute atomic E-state index is 0.0551. The van der Waals surface area contributed by atoms with Crippen LogP contribution in [0, 0.1) is 3.57 Å². The summed E-state index contributed by atoms with van der Waals surface area (Å²) in [6.07, 6.45) is 2.48. The lowest BCUT2D eigenvalue weighted by molar-refractivity contribution is 0.177. The molecule has 0 amide bonds. The van der Waals surface area contributed by atoms with E-state index in [0.29, 0.717) is 6.61 Å². The lowest BCUT2D eigenvalue weighted by atomic mass is 10.2. The van der Waals surface area contributed by atoms with Crippen molar-refractivity contribution in [3.8, 4) is 0 Å². The van der Waals surface area contributed by atoms with E-state index in [4.69, 9.17) is 4.74 Å². The number of hydrogen-bond donors (Lipinski definition) is 0. The van der Waals surface area contributed by atoms with Crippen LogP contribution >= 0.6 is 22.6 Å². The van der Waals surface area contributed by atoms with Crippen molar-refractivity contribution < 1.29 is 4.74 Å².